The first kappa shape index (κ1) is 13.2. The third-order valence-electron chi connectivity index (χ3n) is 2.19. The van der Waals surface area contributed by atoms with E-state index in [4.69, 9.17) is 5.14 Å². The Morgan fingerprint density at radius 1 is 1.38 bits per heavy atom. The molecular weight excluding hydrogens is 224 g/mol. The van der Waals surface area contributed by atoms with Gasteiger partial charge in [0.25, 0.3) is 0 Å². The normalized spacial score (nSPS) is 11.6. The van der Waals surface area contributed by atoms with E-state index in [2.05, 4.69) is 11.4 Å². The Kier molecular flexibility index (Phi) is 4.92. The average molecular weight is 242 g/mol. The van der Waals surface area contributed by atoms with Crippen molar-refractivity contribution in [1.29, 1.82) is 0 Å². The van der Waals surface area contributed by atoms with Crippen LogP contribution in [0.4, 0.5) is 0 Å². The molecule has 0 fully saturated rings. The molecule has 0 aliphatic carbocycles. The molecule has 1 rings (SSSR count). The SMILES string of the molecule is Cc1cccc(CNCCCS(N)(=O)=O)c1. The predicted molar refractivity (Wildman–Crippen MR) is 65.5 cm³/mol. The van der Waals surface area contributed by atoms with Gasteiger partial charge in [-0.2, -0.15) is 0 Å². The quantitative estimate of drug-likeness (QED) is 0.723. The fourth-order valence-corrected chi connectivity index (χ4v) is 2.00. The standard InChI is InChI=1S/C11H18N2O2S/c1-10-4-2-5-11(8-10)9-13-6-3-7-16(12,14)15/h2,4-5,8,13H,3,6-7,9H2,1H3,(H2,12,14,15). The number of benzene rings is 1. The summed E-state index contributed by atoms with van der Waals surface area (Å²) in [5.41, 5.74) is 2.43. The van der Waals surface area contributed by atoms with Crippen molar-refractivity contribution in [2.75, 3.05) is 12.3 Å². The maximum Gasteiger partial charge on any atom is 0.209 e. The Balaban J connectivity index is 2.21. The van der Waals surface area contributed by atoms with Gasteiger partial charge in [0.1, 0.15) is 0 Å². The zero-order valence-corrected chi connectivity index (χ0v) is 10.3. The topological polar surface area (TPSA) is 72.2 Å². The van der Waals surface area contributed by atoms with E-state index in [1.54, 1.807) is 0 Å². The van der Waals surface area contributed by atoms with Crippen LogP contribution in [0.1, 0.15) is 17.5 Å². The van der Waals surface area contributed by atoms with Crippen LogP contribution in [0.2, 0.25) is 0 Å². The van der Waals surface area contributed by atoms with Crippen molar-refractivity contribution in [3.63, 3.8) is 0 Å². The molecule has 3 N–H and O–H groups in total. The zero-order valence-electron chi connectivity index (χ0n) is 9.44. The van der Waals surface area contributed by atoms with Gasteiger partial charge in [0.05, 0.1) is 5.75 Å². The second kappa shape index (κ2) is 5.98. The van der Waals surface area contributed by atoms with Crippen molar-refractivity contribution >= 4 is 10.0 Å². The van der Waals surface area contributed by atoms with Crippen LogP contribution in [0.25, 0.3) is 0 Å². The number of nitrogens with one attached hydrogen (secondary N) is 1. The van der Waals surface area contributed by atoms with Gasteiger partial charge in [-0.25, -0.2) is 13.6 Å². The third-order valence-corrected chi connectivity index (χ3v) is 3.05. The van der Waals surface area contributed by atoms with Gasteiger partial charge in [-0.05, 0) is 25.5 Å². The van der Waals surface area contributed by atoms with E-state index >= 15 is 0 Å². The number of rotatable bonds is 6. The van der Waals surface area contributed by atoms with Gasteiger partial charge in [0.2, 0.25) is 10.0 Å². The summed E-state index contributed by atoms with van der Waals surface area (Å²) in [7, 11) is -3.32. The summed E-state index contributed by atoms with van der Waals surface area (Å²) in [4.78, 5) is 0. The van der Waals surface area contributed by atoms with Crippen molar-refractivity contribution in [2.45, 2.75) is 19.9 Å². The molecule has 16 heavy (non-hydrogen) atoms. The second-order valence-electron chi connectivity index (χ2n) is 3.89. The Bertz CT molecular complexity index is 429. The fourth-order valence-electron chi connectivity index (χ4n) is 1.45. The smallest absolute Gasteiger partial charge is 0.209 e. The minimum Gasteiger partial charge on any atom is -0.313 e. The summed E-state index contributed by atoms with van der Waals surface area (Å²) >= 11 is 0. The number of hydrogen-bond acceptors (Lipinski definition) is 3. The lowest BCUT2D eigenvalue weighted by Gasteiger charge is -2.05. The predicted octanol–water partition coefficient (Wildman–Crippen LogP) is 0.763. The van der Waals surface area contributed by atoms with E-state index in [-0.39, 0.29) is 5.75 Å². The molecule has 1 aromatic carbocycles. The van der Waals surface area contributed by atoms with Crippen LogP contribution >= 0.6 is 0 Å². The highest BCUT2D eigenvalue weighted by Gasteiger charge is 2.01. The van der Waals surface area contributed by atoms with Crippen LogP contribution in [-0.4, -0.2) is 20.7 Å². The molecule has 0 heterocycles. The average Bonchev–Trinajstić information content (AvgIpc) is 2.15. The van der Waals surface area contributed by atoms with E-state index < -0.39 is 10.0 Å². The number of sulfonamides is 1. The van der Waals surface area contributed by atoms with Gasteiger partial charge in [-0.1, -0.05) is 29.8 Å². The van der Waals surface area contributed by atoms with E-state index in [0.717, 1.165) is 6.54 Å². The summed E-state index contributed by atoms with van der Waals surface area (Å²) in [5.74, 6) is 0.0355. The van der Waals surface area contributed by atoms with Crippen LogP contribution < -0.4 is 10.5 Å². The lowest BCUT2D eigenvalue weighted by atomic mass is 10.1. The fraction of sp³-hybridized carbons (Fsp3) is 0.455. The van der Waals surface area contributed by atoms with Crippen molar-refractivity contribution in [3.8, 4) is 0 Å². The molecule has 0 spiro atoms. The van der Waals surface area contributed by atoms with E-state index in [0.29, 0.717) is 13.0 Å². The number of primary sulfonamides is 1. The molecule has 90 valence electrons. The van der Waals surface area contributed by atoms with Gasteiger partial charge in [0.15, 0.2) is 0 Å². The van der Waals surface area contributed by atoms with Gasteiger partial charge in [-0.15, -0.1) is 0 Å². The monoisotopic (exact) mass is 242 g/mol. The van der Waals surface area contributed by atoms with E-state index in [1.807, 2.05) is 25.1 Å². The van der Waals surface area contributed by atoms with Crippen LogP contribution in [0.5, 0.6) is 0 Å². The highest BCUT2D eigenvalue weighted by Crippen LogP contribution is 2.02. The molecule has 0 atom stereocenters. The van der Waals surface area contributed by atoms with Crippen LogP contribution in [0, 0.1) is 6.92 Å². The summed E-state index contributed by atoms with van der Waals surface area (Å²) in [5, 5.41) is 8.07. The summed E-state index contributed by atoms with van der Waals surface area (Å²) in [6, 6.07) is 8.20. The molecular formula is C11H18N2O2S. The molecule has 0 aliphatic rings. The highest BCUT2D eigenvalue weighted by molar-refractivity contribution is 7.89. The Morgan fingerprint density at radius 2 is 2.12 bits per heavy atom. The van der Waals surface area contributed by atoms with Crippen molar-refractivity contribution in [3.05, 3.63) is 35.4 Å². The summed E-state index contributed by atoms with van der Waals surface area (Å²) < 4.78 is 21.3. The zero-order chi connectivity index (χ0) is 12.0. The maximum atomic E-state index is 10.7. The molecule has 0 aliphatic heterocycles. The number of hydrogen-bond donors (Lipinski definition) is 2. The number of nitrogens with two attached hydrogens (primary N) is 1. The maximum absolute atomic E-state index is 10.7. The van der Waals surface area contributed by atoms with Crippen molar-refractivity contribution < 1.29 is 8.42 Å². The second-order valence-corrected chi connectivity index (χ2v) is 5.62. The van der Waals surface area contributed by atoms with Crippen LogP contribution in [0.15, 0.2) is 24.3 Å². The van der Waals surface area contributed by atoms with E-state index in [1.165, 1.54) is 11.1 Å². The summed E-state index contributed by atoms with van der Waals surface area (Å²) in [6.45, 7) is 3.46. The number of aryl methyl sites for hydroxylation is 1. The first-order valence-electron chi connectivity index (χ1n) is 5.24. The molecule has 0 unspecified atom stereocenters. The molecule has 0 radical (unpaired) electrons. The highest BCUT2D eigenvalue weighted by atomic mass is 32.2. The van der Waals surface area contributed by atoms with Crippen LogP contribution in [-0.2, 0) is 16.6 Å². The van der Waals surface area contributed by atoms with Gasteiger partial charge >= 0.3 is 0 Å². The molecule has 0 aromatic heterocycles. The first-order valence-corrected chi connectivity index (χ1v) is 6.96. The van der Waals surface area contributed by atoms with Gasteiger partial charge in [-0.3, -0.25) is 0 Å². The molecule has 5 heteroatoms. The Morgan fingerprint density at radius 3 is 2.75 bits per heavy atom. The first-order chi connectivity index (χ1) is 7.47. The molecule has 4 nitrogen and oxygen atoms in total. The lowest BCUT2D eigenvalue weighted by Crippen LogP contribution is -2.22. The third kappa shape index (κ3) is 5.85. The van der Waals surface area contributed by atoms with Gasteiger partial charge in [0, 0.05) is 6.54 Å². The molecule has 0 saturated carbocycles. The summed E-state index contributed by atoms with van der Waals surface area (Å²) in [6.07, 6.45) is 0.546. The Labute approximate surface area is 96.9 Å². The van der Waals surface area contributed by atoms with Crippen LogP contribution in [0.3, 0.4) is 0 Å². The van der Waals surface area contributed by atoms with E-state index in [9.17, 15) is 8.42 Å². The molecule has 0 bridgehead atoms. The lowest BCUT2D eigenvalue weighted by molar-refractivity contribution is 0.590. The van der Waals surface area contributed by atoms with Gasteiger partial charge < -0.3 is 5.32 Å². The molecule has 0 amide bonds. The minimum atomic E-state index is -3.32. The Hall–Kier alpha value is -0.910. The molecule has 0 saturated heterocycles. The van der Waals surface area contributed by atoms with Crippen molar-refractivity contribution in [1.82, 2.24) is 5.32 Å². The van der Waals surface area contributed by atoms with Crippen molar-refractivity contribution in [2.24, 2.45) is 5.14 Å². The largest absolute Gasteiger partial charge is 0.313 e. The molecule has 1 aromatic rings. The minimum absolute atomic E-state index is 0.0355.